The molecule has 31 heavy (non-hydrogen) atoms. The monoisotopic (exact) mass is 469 g/mol. The van der Waals surface area contributed by atoms with Gasteiger partial charge in [0, 0.05) is 18.5 Å². The second-order valence-corrected chi connectivity index (χ2v) is 13.2. The first-order valence-electron chi connectivity index (χ1n) is 11.1. The topological polar surface area (TPSA) is 21.3 Å². The van der Waals surface area contributed by atoms with Crippen LogP contribution in [0.25, 0.3) is 0 Å². The van der Waals surface area contributed by atoms with E-state index in [1.54, 1.807) is 20.8 Å². The van der Waals surface area contributed by atoms with Gasteiger partial charge in [-0.15, -0.1) is 0 Å². The lowest BCUT2D eigenvalue weighted by Gasteiger charge is -2.49. The fourth-order valence-corrected chi connectivity index (χ4v) is 7.71. The maximum atomic E-state index is 14.2. The van der Waals surface area contributed by atoms with Gasteiger partial charge < -0.3 is 9.74 Å². The van der Waals surface area contributed by atoms with E-state index in [1.807, 2.05) is 30.3 Å². The van der Waals surface area contributed by atoms with Gasteiger partial charge in [-0.1, -0.05) is 51.1 Å². The first-order chi connectivity index (χ1) is 14.4. The van der Waals surface area contributed by atoms with E-state index in [1.165, 1.54) is 0 Å². The van der Waals surface area contributed by atoms with Gasteiger partial charge in [-0.2, -0.15) is 26.3 Å². The normalized spacial score (nSPS) is 21.3. The zero-order valence-corrected chi connectivity index (χ0v) is 19.4. The van der Waals surface area contributed by atoms with Crippen LogP contribution in [0.15, 0.2) is 30.3 Å². The van der Waals surface area contributed by atoms with Crippen molar-refractivity contribution in [2.75, 3.05) is 0 Å². The molecule has 0 aromatic heterocycles. The number of nitrogens with one attached hydrogen (secondary N) is 1. The molecule has 0 spiro atoms. The van der Waals surface area contributed by atoms with Crippen molar-refractivity contribution >= 4 is 8.32 Å². The van der Waals surface area contributed by atoms with Crippen LogP contribution in [0.1, 0.15) is 52.0 Å². The van der Waals surface area contributed by atoms with Crippen molar-refractivity contribution in [3.63, 3.8) is 0 Å². The third kappa shape index (κ3) is 5.65. The second-order valence-electron chi connectivity index (χ2n) is 8.49. The zero-order chi connectivity index (χ0) is 23.3. The van der Waals surface area contributed by atoms with E-state index in [9.17, 15) is 26.3 Å². The molecule has 1 N–H and O–H groups in total. The Balaban J connectivity index is 2.23. The average Bonchev–Trinajstić information content (AvgIpc) is 2.73. The van der Waals surface area contributed by atoms with Gasteiger partial charge in [0.1, 0.15) is 0 Å². The van der Waals surface area contributed by atoms with Gasteiger partial charge in [-0.25, -0.2) is 0 Å². The second kappa shape index (κ2) is 10.3. The van der Waals surface area contributed by atoms with Gasteiger partial charge >= 0.3 is 12.4 Å². The first kappa shape index (κ1) is 26.2. The van der Waals surface area contributed by atoms with Gasteiger partial charge in [0.05, 0.1) is 0 Å². The lowest BCUT2D eigenvalue weighted by molar-refractivity contribution is -0.380. The third-order valence-electron chi connectivity index (χ3n) is 6.89. The van der Waals surface area contributed by atoms with Crippen LogP contribution in [-0.4, -0.2) is 32.3 Å². The summed E-state index contributed by atoms with van der Waals surface area (Å²) in [6.45, 7) is 5.46. The van der Waals surface area contributed by atoms with Crippen LogP contribution < -0.4 is 5.32 Å². The van der Waals surface area contributed by atoms with Crippen LogP contribution in [0.3, 0.4) is 0 Å². The largest absolute Gasteiger partial charge is 0.425 e. The highest BCUT2D eigenvalue weighted by Crippen LogP contribution is 2.56. The minimum absolute atomic E-state index is 0.110. The quantitative estimate of drug-likeness (QED) is 0.305. The van der Waals surface area contributed by atoms with Crippen molar-refractivity contribution < 1.29 is 30.8 Å². The Labute approximate surface area is 181 Å². The highest BCUT2D eigenvalue weighted by Gasteiger charge is 2.76. The molecule has 0 unspecified atom stereocenters. The summed E-state index contributed by atoms with van der Waals surface area (Å²) in [5.74, 6) is -1.63. The van der Waals surface area contributed by atoms with E-state index in [-0.39, 0.29) is 49.9 Å². The molecule has 2 nitrogen and oxygen atoms in total. The molecule has 1 aliphatic rings. The molecule has 0 bridgehead atoms. The van der Waals surface area contributed by atoms with E-state index in [0.717, 1.165) is 5.56 Å². The molecule has 0 radical (unpaired) electrons. The summed E-state index contributed by atoms with van der Waals surface area (Å²) in [5.41, 5.74) is -3.06. The highest BCUT2D eigenvalue weighted by atomic mass is 28.4. The molecule has 1 aromatic carbocycles. The summed E-state index contributed by atoms with van der Waals surface area (Å²) in [7, 11) is -3.19. The third-order valence-corrected chi connectivity index (χ3v) is 11.5. The maximum absolute atomic E-state index is 14.2. The number of rotatable bonds is 9. The van der Waals surface area contributed by atoms with Gasteiger partial charge in [0.15, 0.2) is 8.32 Å². The molecule has 0 amide bonds. The van der Waals surface area contributed by atoms with Crippen LogP contribution in [0.4, 0.5) is 26.3 Å². The van der Waals surface area contributed by atoms with E-state index >= 15 is 0 Å². The van der Waals surface area contributed by atoms with Crippen molar-refractivity contribution in [2.24, 2.45) is 5.92 Å². The molecule has 0 aliphatic heterocycles. The van der Waals surface area contributed by atoms with Crippen LogP contribution in [0.2, 0.25) is 18.1 Å². The smallest absolute Gasteiger partial charge is 0.396 e. The van der Waals surface area contributed by atoms with Crippen LogP contribution in [-0.2, 0) is 11.0 Å². The lowest BCUT2D eigenvalue weighted by Crippen LogP contribution is -2.68. The molecule has 1 fully saturated rings. The molecular formula is C22H33F6NOSi. The molecule has 178 valence electrons. The number of halogens is 6. The highest BCUT2D eigenvalue weighted by molar-refractivity contribution is 6.73. The van der Waals surface area contributed by atoms with Crippen molar-refractivity contribution in [3.05, 3.63) is 35.9 Å². The summed E-state index contributed by atoms with van der Waals surface area (Å²) in [6.07, 6.45) is -10.9. The summed E-state index contributed by atoms with van der Waals surface area (Å²) in [4.78, 5) is 0. The van der Waals surface area contributed by atoms with Crippen molar-refractivity contribution in [3.8, 4) is 0 Å². The number of hydrogen-bond acceptors (Lipinski definition) is 2. The molecule has 9 heteroatoms. The Morgan fingerprint density at radius 1 is 0.839 bits per heavy atom. The van der Waals surface area contributed by atoms with Gasteiger partial charge in [-0.3, -0.25) is 0 Å². The van der Waals surface area contributed by atoms with Gasteiger partial charge in [0.2, 0.25) is 0 Å². The van der Waals surface area contributed by atoms with Crippen LogP contribution >= 0.6 is 0 Å². The van der Waals surface area contributed by atoms with Crippen molar-refractivity contribution in [2.45, 2.75) is 95.1 Å². The fraction of sp³-hybridized carbons (Fsp3) is 0.727. The minimum Gasteiger partial charge on any atom is -0.396 e. The Bertz CT molecular complexity index is 645. The molecule has 0 atom stereocenters. The van der Waals surface area contributed by atoms with Crippen LogP contribution in [0.5, 0.6) is 0 Å². The van der Waals surface area contributed by atoms with Crippen LogP contribution in [0, 0.1) is 5.92 Å². The number of benzene rings is 1. The Hall–Kier alpha value is -1.06. The summed E-state index contributed by atoms with van der Waals surface area (Å²) >= 11 is 0. The standard InChI is InChI=1S/C22H33F6NOSi/c1-4-31(5-2,6-3)30-20(21(23,24)25,22(26,27)28)18-12-14-19(15-13-18)29-16-17-10-8-7-9-11-17/h7-11,18-19,29H,4-6,12-16H2,1-3H3. The van der Waals surface area contributed by atoms with Crippen molar-refractivity contribution in [1.29, 1.82) is 0 Å². The Kier molecular flexibility index (Phi) is 8.66. The van der Waals surface area contributed by atoms with E-state index in [4.69, 9.17) is 4.43 Å². The van der Waals surface area contributed by atoms with E-state index in [2.05, 4.69) is 5.32 Å². The Morgan fingerprint density at radius 3 is 1.74 bits per heavy atom. The van der Waals surface area contributed by atoms with Gasteiger partial charge in [0.25, 0.3) is 5.60 Å². The average molecular weight is 470 g/mol. The SMILES string of the molecule is CC[Si](CC)(CC)OC(C1CCC(NCc2ccccc2)CC1)(C(F)(F)F)C(F)(F)F. The first-order valence-corrected chi connectivity index (χ1v) is 13.6. The van der Waals surface area contributed by atoms with Crippen molar-refractivity contribution in [1.82, 2.24) is 5.32 Å². The molecule has 0 saturated heterocycles. The Morgan fingerprint density at radius 2 is 1.32 bits per heavy atom. The number of alkyl halides is 6. The summed E-state index contributed by atoms with van der Waals surface area (Å²) in [5, 5.41) is 3.27. The lowest BCUT2D eigenvalue weighted by atomic mass is 9.74. The molecule has 1 aromatic rings. The molecule has 1 aliphatic carbocycles. The number of hydrogen-bond donors (Lipinski definition) is 1. The molecule has 0 heterocycles. The zero-order valence-electron chi connectivity index (χ0n) is 18.4. The molecule has 2 rings (SSSR count). The maximum Gasteiger partial charge on any atom is 0.425 e. The molecule has 1 saturated carbocycles. The predicted octanol–water partition coefficient (Wildman–Crippen LogP) is 7.22. The van der Waals surface area contributed by atoms with E-state index in [0.29, 0.717) is 6.54 Å². The summed E-state index contributed by atoms with van der Waals surface area (Å²) in [6, 6.07) is 10.1. The fourth-order valence-electron chi connectivity index (χ4n) is 4.69. The molecular weight excluding hydrogens is 436 g/mol. The summed E-state index contributed by atoms with van der Waals surface area (Å²) < 4.78 is 90.7. The predicted molar refractivity (Wildman–Crippen MR) is 112 cm³/mol. The minimum atomic E-state index is -5.52. The van der Waals surface area contributed by atoms with Gasteiger partial charge in [-0.05, 0) is 49.4 Å². The van der Waals surface area contributed by atoms with E-state index < -0.39 is 32.2 Å².